The SMILES string of the molecule is CC1(NC(=O)NCC(C)(O)C(=O)O)CC1. The van der Waals surface area contributed by atoms with Crippen LogP contribution < -0.4 is 10.6 Å². The minimum atomic E-state index is -1.93. The van der Waals surface area contributed by atoms with Gasteiger partial charge in [0, 0.05) is 5.54 Å². The van der Waals surface area contributed by atoms with Gasteiger partial charge in [-0.2, -0.15) is 0 Å². The van der Waals surface area contributed by atoms with Gasteiger partial charge in [0.05, 0.1) is 6.54 Å². The fourth-order valence-corrected chi connectivity index (χ4v) is 0.959. The van der Waals surface area contributed by atoms with Crippen LogP contribution in [0.2, 0.25) is 0 Å². The number of hydrogen-bond acceptors (Lipinski definition) is 3. The second-order valence-corrected chi connectivity index (χ2v) is 4.45. The molecule has 0 aromatic rings. The topological polar surface area (TPSA) is 98.7 Å². The summed E-state index contributed by atoms with van der Waals surface area (Å²) >= 11 is 0. The summed E-state index contributed by atoms with van der Waals surface area (Å²) in [5, 5.41) is 22.9. The Morgan fingerprint density at radius 1 is 1.47 bits per heavy atom. The predicted molar refractivity (Wildman–Crippen MR) is 52.4 cm³/mol. The third-order valence-electron chi connectivity index (χ3n) is 2.47. The number of carbonyl (C=O) groups excluding carboxylic acids is 1. The number of carbonyl (C=O) groups is 2. The van der Waals surface area contributed by atoms with E-state index in [0.717, 1.165) is 19.8 Å². The van der Waals surface area contributed by atoms with Gasteiger partial charge < -0.3 is 20.8 Å². The minimum Gasteiger partial charge on any atom is -0.479 e. The zero-order valence-corrected chi connectivity index (χ0v) is 8.83. The lowest BCUT2D eigenvalue weighted by molar-refractivity contribution is -0.155. The predicted octanol–water partition coefficient (Wildman–Crippen LogP) is -0.326. The largest absolute Gasteiger partial charge is 0.479 e. The molecule has 0 aromatic heterocycles. The first-order valence-corrected chi connectivity index (χ1v) is 4.77. The molecule has 0 aromatic carbocycles. The molecular formula is C9H16N2O4. The molecule has 15 heavy (non-hydrogen) atoms. The Morgan fingerprint density at radius 3 is 2.40 bits per heavy atom. The zero-order valence-electron chi connectivity index (χ0n) is 8.83. The summed E-state index contributed by atoms with van der Waals surface area (Å²) in [5.74, 6) is -1.36. The van der Waals surface area contributed by atoms with E-state index in [1.165, 1.54) is 0 Å². The maximum absolute atomic E-state index is 11.2. The van der Waals surface area contributed by atoms with Crippen molar-refractivity contribution in [2.24, 2.45) is 0 Å². The Bertz CT molecular complexity index is 284. The molecule has 1 atom stereocenters. The number of aliphatic hydroxyl groups is 1. The maximum atomic E-state index is 11.2. The van der Waals surface area contributed by atoms with Crippen LogP contribution in [0, 0.1) is 0 Å². The van der Waals surface area contributed by atoms with Crippen LogP contribution in [-0.2, 0) is 4.79 Å². The number of hydrogen-bond donors (Lipinski definition) is 4. The van der Waals surface area contributed by atoms with Crippen LogP contribution in [0.5, 0.6) is 0 Å². The van der Waals surface area contributed by atoms with E-state index in [1.54, 1.807) is 0 Å². The van der Waals surface area contributed by atoms with Crippen LogP contribution in [0.15, 0.2) is 0 Å². The first-order chi connectivity index (χ1) is 6.75. The summed E-state index contributed by atoms with van der Waals surface area (Å²) in [6.07, 6.45) is 1.85. The summed E-state index contributed by atoms with van der Waals surface area (Å²) in [5.41, 5.74) is -2.08. The normalized spacial score (nSPS) is 21.3. The number of nitrogens with one attached hydrogen (secondary N) is 2. The molecule has 1 unspecified atom stereocenters. The van der Waals surface area contributed by atoms with Crippen molar-refractivity contribution in [1.29, 1.82) is 0 Å². The van der Waals surface area contributed by atoms with E-state index in [9.17, 15) is 14.7 Å². The van der Waals surface area contributed by atoms with E-state index in [-0.39, 0.29) is 12.1 Å². The van der Waals surface area contributed by atoms with E-state index >= 15 is 0 Å². The van der Waals surface area contributed by atoms with Crippen molar-refractivity contribution in [2.45, 2.75) is 37.8 Å². The highest BCUT2D eigenvalue weighted by atomic mass is 16.4. The summed E-state index contributed by atoms with van der Waals surface area (Å²) in [7, 11) is 0. The van der Waals surface area contributed by atoms with Gasteiger partial charge in [0.15, 0.2) is 5.60 Å². The average molecular weight is 216 g/mol. The molecule has 0 radical (unpaired) electrons. The third-order valence-corrected chi connectivity index (χ3v) is 2.47. The Kier molecular flexibility index (Phi) is 2.90. The standard InChI is InChI=1S/C9H16N2O4/c1-8(3-4-8)11-7(14)10-5-9(2,15)6(12)13/h15H,3-5H2,1-2H3,(H,12,13)(H2,10,11,14). The van der Waals surface area contributed by atoms with Gasteiger partial charge in [0.2, 0.25) is 0 Å². The summed E-state index contributed by atoms with van der Waals surface area (Å²) in [4.78, 5) is 21.8. The van der Waals surface area contributed by atoms with Crippen molar-refractivity contribution < 1.29 is 19.8 Å². The lowest BCUT2D eigenvalue weighted by Crippen LogP contribution is -2.50. The van der Waals surface area contributed by atoms with Crippen molar-refractivity contribution >= 4 is 12.0 Å². The molecule has 0 aliphatic heterocycles. The van der Waals surface area contributed by atoms with Crippen LogP contribution in [0.4, 0.5) is 4.79 Å². The molecule has 6 nitrogen and oxygen atoms in total. The van der Waals surface area contributed by atoms with Gasteiger partial charge in [-0.1, -0.05) is 0 Å². The molecule has 86 valence electrons. The van der Waals surface area contributed by atoms with Crippen molar-refractivity contribution in [3.8, 4) is 0 Å². The minimum absolute atomic E-state index is 0.154. The molecule has 2 amide bonds. The highest BCUT2D eigenvalue weighted by Crippen LogP contribution is 2.33. The first-order valence-electron chi connectivity index (χ1n) is 4.77. The average Bonchev–Trinajstić information content (AvgIpc) is 2.80. The molecule has 0 heterocycles. The molecule has 0 spiro atoms. The number of urea groups is 1. The van der Waals surface area contributed by atoms with E-state index in [2.05, 4.69) is 10.6 Å². The second kappa shape index (κ2) is 3.69. The molecule has 1 rings (SSSR count). The highest BCUT2D eigenvalue weighted by Gasteiger charge is 2.39. The van der Waals surface area contributed by atoms with Crippen molar-refractivity contribution in [2.75, 3.05) is 6.54 Å². The van der Waals surface area contributed by atoms with Gasteiger partial charge in [-0.15, -0.1) is 0 Å². The highest BCUT2D eigenvalue weighted by molar-refractivity contribution is 5.79. The lowest BCUT2D eigenvalue weighted by atomic mass is 10.1. The number of carboxylic acids is 1. The maximum Gasteiger partial charge on any atom is 0.337 e. The van der Waals surface area contributed by atoms with Crippen molar-refractivity contribution in [3.63, 3.8) is 0 Å². The Hall–Kier alpha value is -1.30. The monoisotopic (exact) mass is 216 g/mol. The second-order valence-electron chi connectivity index (χ2n) is 4.45. The number of rotatable bonds is 4. The first kappa shape index (κ1) is 11.8. The van der Waals surface area contributed by atoms with Gasteiger partial charge in [0.1, 0.15) is 0 Å². The smallest absolute Gasteiger partial charge is 0.337 e. The molecule has 1 saturated carbocycles. The van der Waals surface area contributed by atoms with Gasteiger partial charge in [-0.05, 0) is 26.7 Å². The summed E-state index contributed by atoms with van der Waals surface area (Å²) in [6, 6.07) is -0.448. The van der Waals surface area contributed by atoms with E-state index in [1.807, 2.05) is 6.92 Å². The molecule has 1 aliphatic rings. The van der Waals surface area contributed by atoms with E-state index < -0.39 is 17.6 Å². The number of aliphatic carboxylic acids is 1. The van der Waals surface area contributed by atoms with Crippen molar-refractivity contribution in [3.05, 3.63) is 0 Å². The van der Waals surface area contributed by atoms with Crippen LogP contribution in [0.25, 0.3) is 0 Å². The molecule has 0 bridgehead atoms. The van der Waals surface area contributed by atoms with E-state index in [4.69, 9.17) is 5.11 Å². The van der Waals surface area contributed by atoms with Crippen LogP contribution in [0.1, 0.15) is 26.7 Å². The molecule has 6 heteroatoms. The van der Waals surface area contributed by atoms with Crippen LogP contribution in [0.3, 0.4) is 0 Å². The number of amides is 2. The third kappa shape index (κ3) is 3.39. The molecular weight excluding hydrogens is 200 g/mol. The summed E-state index contributed by atoms with van der Waals surface area (Å²) in [6.45, 7) is 2.72. The fraction of sp³-hybridized carbons (Fsp3) is 0.778. The Balaban J connectivity index is 2.30. The van der Waals surface area contributed by atoms with E-state index in [0.29, 0.717) is 0 Å². The van der Waals surface area contributed by atoms with Gasteiger partial charge >= 0.3 is 12.0 Å². The fourth-order valence-electron chi connectivity index (χ4n) is 0.959. The Morgan fingerprint density at radius 2 is 2.00 bits per heavy atom. The number of carboxylic acid groups (broad SMARTS) is 1. The quantitative estimate of drug-likeness (QED) is 0.517. The van der Waals surface area contributed by atoms with Crippen LogP contribution in [-0.4, -0.2) is 39.9 Å². The van der Waals surface area contributed by atoms with Gasteiger partial charge in [-0.3, -0.25) is 0 Å². The molecule has 1 fully saturated rings. The van der Waals surface area contributed by atoms with Crippen LogP contribution >= 0.6 is 0 Å². The van der Waals surface area contributed by atoms with Crippen molar-refractivity contribution in [1.82, 2.24) is 10.6 Å². The van der Waals surface area contributed by atoms with Gasteiger partial charge in [-0.25, -0.2) is 9.59 Å². The lowest BCUT2D eigenvalue weighted by Gasteiger charge is -2.19. The van der Waals surface area contributed by atoms with Gasteiger partial charge in [0.25, 0.3) is 0 Å². The molecule has 0 saturated heterocycles. The molecule has 1 aliphatic carbocycles. The molecule has 4 N–H and O–H groups in total. The summed E-state index contributed by atoms with van der Waals surface area (Å²) < 4.78 is 0. The zero-order chi connectivity index (χ0) is 11.7. The Labute approximate surface area is 87.7 Å².